The second kappa shape index (κ2) is 12.4. The van der Waals surface area contributed by atoms with Crippen LogP contribution in [0, 0.1) is 23.7 Å². The molecule has 0 spiro atoms. The topological polar surface area (TPSA) is 216 Å². The number of nitrogens with one attached hydrogen (secondary N) is 2. The predicted octanol–water partition coefficient (Wildman–Crippen LogP) is 0.642. The number of Topliss-reactive ketones (excluding diaryl/α,β-unsaturated/α-hetero) is 4. The highest BCUT2D eigenvalue weighted by Gasteiger charge is 2.69. The molecule has 0 saturated heterocycles. The minimum absolute atomic E-state index is 0.0257. The summed E-state index contributed by atoms with van der Waals surface area (Å²) in [6.45, 7) is 2.51. The summed E-state index contributed by atoms with van der Waals surface area (Å²) < 4.78 is 0. The van der Waals surface area contributed by atoms with E-state index >= 15 is 0 Å². The third-order valence-electron chi connectivity index (χ3n) is 9.56. The molecule has 7 N–H and O–H groups in total. The molecule has 2 aromatic carbocycles. The number of nitrogens with two attached hydrogens (primary N) is 1. The lowest BCUT2D eigenvalue weighted by Gasteiger charge is -2.52. The fraction of sp³-hybridized carbons (Fsp3) is 0.455. The molecule has 3 aliphatic rings. The van der Waals surface area contributed by atoms with E-state index in [2.05, 4.69) is 10.6 Å². The van der Waals surface area contributed by atoms with Crippen molar-refractivity contribution in [1.82, 2.24) is 10.2 Å². The van der Waals surface area contributed by atoms with Gasteiger partial charge in [-0.05, 0) is 75.1 Å². The van der Waals surface area contributed by atoms with Gasteiger partial charge < -0.3 is 31.7 Å². The maximum absolute atomic E-state index is 14.0. The van der Waals surface area contributed by atoms with Gasteiger partial charge in [0, 0.05) is 5.92 Å². The zero-order valence-corrected chi connectivity index (χ0v) is 25.8. The SMILES string of the molecule is CCCCNC(C(=O)Nc1ccc2c(c1O)C(=O)C1C(=O)[C@]3(O)C(=O)C(C(N)=O)C(=O)[C@@H](N(C)C)C3CC1C2)c1ccc(O)cc1. The molecule has 0 aromatic heterocycles. The first-order valence-electron chi connectivity index (χ1n) is 15.3. The Labute approximate surface area is 265 Å². The van der Waals surface area contributed by atoms with E-state index in [0.717, 1.165) is 12.8 Å². The summed E-state index contributed by atoms with van der Waals surface area (Å²) >= 11 is 0. The Kier molecular flexibility index (Phi) is 8.86. The number of hydrogen-bond acceptors (Lipinski definition) is 11. The van der Waals surface area contributed by atoms with Crippen LogP contribution in [0.2, 0.25) is 0 Å². The van der Waals surface area contributed by atoms with Gasteiger partial charge in [-0.2, -0.15) is 0 Å². The number of anilines is 1. The van der Waals surface area contributed by atoms with Crippen molar-refractivity contribution in [3.05, 3.63) is 53.1 Å². The molecule has 5 rings (SSSR count). The molecule has 2 aromatic rings. The van der Waals surface area contributed by atoms with Gasteiger partial charge in [0.2, 0.25) is 11.8 Å². The molecule has 2 saturated carbocycles. The fourth-order valence-corrected chi connectivity index (χ4v) is 7.34. The molecule has 46 heavy (non-hydrogen) atoms. The van der Waals surface area contributed by atoms with Crippen molar-refractivity contribution in [3.8, 4) is 11.5 Å². The van der Waals surface area contributed by atoms with Crippen molar-refractivity contribution in [1.29, 1.82) is 0 Å². The number of aliphatic hydroxyl groups is 1. The van der Waals surface area contributed by atoms with Crippen LogP contribution >= 0.6 is 0 Å². The number of aromatic hydroxyl groups is 2. The summed E-state index contributed by atoms with van der Waals surface area (Å²) in [5.74, 6) is -12.0. The summed E-state index contributed by atoms with van der Waals surface area (Å²) in [6, 6.07) is 7.04. The molecule has 3 aliphatic carbocycles. The molecule has 0 radical (unpaired) electrons. The molecule has 5 unspecified atom stereocenters. The number of rotatable bonds is 9. The first kappa shape index (κ1) is 32.9. The largest absolute Gasteiger partial charge is 0.508 e. The third-order valence-corrected chi connectivity index (χ3v) is 9.56. The second-order valence-corrected chi connectivity index (χ2v) is 12.6. The van der Waals surface area contributed by atoms with E-state index in [9.17, 15) is 44.1 Å². The van der Waals surface area contributed by atoms with Crippen LogP contribution in [0.1, 0.15) is 53.7 Å². The number of amides is 2. The fourth-order valence-electron chi connectivity index (χ4n) is 7.34. The standard InChI is InChI=1S/C33H38N4O9/c1-4-5-12-35-24(15-6-9-18(38)10-7-15)32(45)36-20-11-8-16-13-17-14-19-25(37(2)3)28(41)23(31(34)44)30(43)33(19,46)29(42)22(17)27(40)21(16)26(20)39/h6-11,17,19,22-25,35,38-39,46H,4-5,12-14H2,1-3H3,(H2,34,44)(H,36,45)/t17?,19?,22?,23?,24?,25-,33-/m0/s1. The number of unbranched alkanes of at least 4 members (excludes halogenated alkanes) is 1. The number of carbonyl (C=O) groups is 6. The maximum Gasteiger partial charge on any atom is 0.246 e. The number of benzene rings is 2. The molecule has 2 fully saturated rings. The minimum atomic E-state index is -2.82. The van der Waals surface area contributed by atoms with Gasteiger partial charge in [-0.25, -0.2) is 0 Å². The Bertz CT molecular complexity index is 1620. The van der Waals surface area contributed by atoms with Gasteiger partial charge in [0.15, 0.2) is 34.7 Å². The summed E-state index contributed by atoms with van der Waals surface area (Å²) in [5.41, 5.74) is 3.20. The van der Waals surface area contributed by atoms with Crippen molar-refractivity contribution in [2.24, 2.45) is 29.4 Å². The molecule has 13 nitrogen and oxygen atoms in total. The molecule has 0 heterocycles. The smallest absolute Gasteiger partial charge is 0.246 e. The maximum atomic E-state index is 14.0. The molecular weight excluding hydrogens is 596 g/mol. The van der Waals surface area contributed by atoms with E-state index in [1.165, 1.54) is 37.2 Å². The van der Waals surface area contributed by atoms with Crippen LogP contribution in [0.25, 0.3) is 0 Å². The van der Waals surface area contributed by atoms with E-state index in [4.69, 9.17) is 5.73 Å². The number of nitrogens with zero attached hydrogens (tertiary/aromatic N) is 1. The van der Waals surface area contributed by atoms with Gasteiger partial charge in [0.05, 0.1) is 23.2 Å². The van der Waals surface area contributed by atoms with Gasteiger partial charge in [-0.3, -0.25) is 33.7 Å². The minimum Gasteiger partial charge on any atom is -0.508 e. The number of fused-ring (bicyclic) bond motifs is 3. The number of likely N-dealkylation sites (N-methyl/N-ethyl adjacent to an activating group) is 1. The monoisotopic (exact) mass is 634 g/mol. The Hall–Kier alpha value is -4.46. The van der Waals surface area contributed by atoms with Crippen LogP contribution in [0.3, 0.4) is 0 Å². The lowest BCUT2D eigenvalue weighted by atomic mass is 9.52. The molecular formula is C33H38N4O9. The number of ketones is 4. The third kappa shape index (κ3) is 5.27. The lowest BCUT2D eigenvalue weighted by Crippen LogP contribution is -2.74. The van der Waals surface area contributed by atoms with E-state index in [-0.39, 0.29) is 29.8 Å². The number of phenols is 2. The highest BCUT2D eigenvalue weighted by atomic mass is 16.3. The quantitative estimate of drug-likeness (QED) is 0.128. The summed E-state index contributed by atoms with van der Waals surface area (Å²) in [7, 11) is 3.04. The molecule has 7 atom stereocenters. The summed E-state index contributed by atoms with van der Waals surface area (Å²) in [4.78, 5) is 81.7. The van der Waals surface area contributed by atoms with Crippen molar-refractivity contribution < 1.29 is 44.1 Å². The van der Waals surface area contributed by atoms with Gasteiger partial charge in [-0.15, -0.1) is 0 Å². The lowest BCUT2D eigenvalue weighted by molar-refractivity contribution is -0.181. The summed E-state index contributed by atoms with van der Waals surface area (Å²) in [6.07, 6.45) is 1.72. The van der Waals surface area contributed by atoms with Crippen molar-refractivity contribution >= 4 is 40.6 Å². The van der Waals surface area contributed by atoms with E-state index in [0.29, 0.717) is 17.7 Å². The molecule has 0 aliphatic heterocycles. The van der Waals surface area contributed by atoms with Gasteiger partial charge in [0.1, 0.15) is 17.5 Å². The Balaban J connectivity index is 1.48. The predicted molar refractivity (Wildman–Crippen MR) is 164 cm³/mol. The van der Waals surface area contributed by atoms with Crippen LogP contribution in [-0.2, 0) is 30.4 Å². The Morgan fingerprint density at radius 2 is 1.72 bits per heavy atom. The van der Waals surface area contributed by atoms with Crippen LogP contribution < -0.4 is 16.4 Å². The van der Waals surface area contributed by atoms with Crippen molar-refractivity contribution in [2.45, 2.75) is 50.3 Å². The van der Waals surface area contributed by atoms with Crippen LogP contribution in [0.5, 0.6) is 11.5 Å². The number of primary amides is 1. The summed E-state index contributed by atoms with van der Waals surface area (Å²) in [5, 5.41) is 38.6. The first-order valence-corrected chi connectivity index (χ1v) is 15.3. The van der Waals surface area contributed by atoms with Gasteiger partial charge >= 0.3 is 0 Å². The van der Waals surface area contributed by atoms with Crippen LogP contribution in [0.15, 0.2) is 36.4 Å². The highest BCUT2D eigenvalue weighted by Crippen LogP contribution is 2.51. The zero-order chi connectivity index (χ0) is 33.7. The van der Waals surface area contributed by atoms with E-state index in [1.54, 1.807) is 18.2 Å². The Morgan fingerprint density at radius 1 is 1.04 bits per heavy atom. The number of phenolic OH excluding ortho intramolecular Hbond substituents is 2. The molecule has 244 valence electrons. The average Bonchev–Trinajstić information content (AvgIpc) is 2.99. The average molecular weight is 635 g/mol. The van der Waals surface area contributed by atoms with Gasteiger partial charge in [0.25, 0.3) is 0 Å². The normalized spacial score (nSPS) is 27.9. The number of carbonyl (C=O) groups excluding carboxylic acids is 6. The van der Waals surface area contributed by atoms with Crippen molar-refractivity contribution in [3.63, 3.8) is 0 Å². The van der Waals surface area contributed by atoms with Crippen LogP contribution in [0.4, 0.5) is 5.69 Å². The van der Waals surface area contributed by atoms with Crippen LogP contribution in [-0.4, -0.2) is 87.4 Å². The molecule has 13 heteroatoms. The Morgan fingerprint density at radius 3 is 2.33 bits per heavy atom. The highest BCUT2D eigenvalue weighted by molar-refractivity contribution is 6.32. The first-order chi connectivity index (χ1) is 21.7. The van der Waals surface area contributed by atoms with E-state index in [1.807, 2.05) is 6.92 Å². The van der Waals surface area contributed by atoms with Gasteiger partial charge in [-0.1, -0.05) is 31.5 Å². The molecule has 2 amide bonds. The van der Waals surface area contributed by atoms with E-state index < -0.39 is 82.1 Å². The molecule has 0 bridgehead atoms. The van der Waals surface area contributed by atoms with Crippen molar-refractivity contribution in [2.75, 3.05) is 26.0 Å². The number of hydrogen-bond donors (Lipinski definition) is 6. The zero-order valence-electron chi connectivity index (χ0n) is 25.8. The second-order valence-electron chi connectivity index (χ2n) is 12.6.